The maximum Gasteiger partial charge on any atom is 0.286 e. The number of benzene rings is 2. The van der Waals surface area contributed by atoms with Crippen LogP contribution in [0.4, 0.5) is 0 Å². The summed E-state index contributed by atoms with van der Waals surface area (Å²) in [6.07, 6.45) is 6.87. The summed E-state index contributed by atoms with van der Waals surface area (Å²) >= 11 is 0. The van der Waals surface area contributed by atoms with Gasteiger partial charge in [-0.05, 0) is 41.7 Å². The molecule has 0 spiro atoms. The van der Waals surface area contributed by atoms with Gasteiger partial charge in [0.15, 0.2) is 12.4 Å². The normalized spacial score (nSPS) is 12.8. The van der Waals surface area contributed by atoms with Gasteiger partial charge in [0.25, 0.3) is 5.91 Å². The number of halogens is 1. The first-order valence-corrected chi connectivity index (χ1v) is 10.7. The van der Waals surface area contributed by atoms with E-state index in [-0.39, 0.29) is 18.3 Å². The van der Waals surface area contributed by atoms with Crippen LogP contribution in [0, 0.1) is 0 Å². The summed E-state index contributed by atoms with van der Waals surface area (Å²) in [5, 5.41) is 10.7. The molecule has 0 bridgehead atoms. The topological polar surface area (TPSA) is 61.7 Å². The lowest BCUT2D eigenvalue weighted by atomic mass is 10.0. The molecule has 1 saturated carbocycles. The summed E-state index contributed by atoms with van der Waals surface area (Å²) in [5.74, 6) is 0.0608. The van der Waals surface area contributed by atoms with E-state index in [2.05, 4.69) is 70.1 Å². The zero-order valence-corrected chi connectivity index (χ0v) is 18.4. The van der Waals surface area contributed by atoms with Crippen LogP contribution in [0.3, 0.4) is 0 Å². The van der Waals surface area contributed by atoms with E-state index in [1.807, 2.05) is 35.2 Å². The number of pyridine rings is 1. The summed E-state index contributed by atoms with van der Waals surface area (Å²) in [5.41, 5.74) is 6.59. The molecule has 2 N–H and O–H groups in total. The Hall–Kier alpha value is -3.44. The average Bonchev–Trinajstić information content (AvgIpc) is 3.49. The number of amides is 1. The van der Waals surface area contributed by atoms with Crippen LogP contribution < -0.4 is 22.3 Å². The molecule has 1 aliphatic rings. The van der Waals surface area contributed by atoms with E-state index in [0.717, 1.165) is 36.2 Å². The first-order valence-electron chi connectivity index (χ1n) is 10.7. The number of aromatic amines is 1. The van der Waals surface area contributed by atoms with Gasteiger partial charge in [-0.3, -0.25) is 9.89 Å². The Labute approximate surface area is 193 Å². The molecule has 6 heteroatoms. The van der Waals surface area contributed by atoms with Crippen LogP contribution in [0.5, 0.6) is 0 Å². The number of hydrogen-bond acceptors (Lipinski definition) is 2. The second-order valence-corrected chi connectivity index (χ2v) is 8.13. The zero-order valence-electron chi connectivity index (χ0n) is 17.7. The SMILES string of the molecule is O=C(C[n+]1cccc(-c2cc(Cc3cccc(-c4ccccc4)c3)[nH]n2)c1)NC1CC1.[Cl-]. The Kier molecular flexibility index (Phi) is 6.66. The molecule has 2 heterocycles. The maximum absolute atomic E-state index is 12.1. The fourth-order valence-electron chi connectivity index (χ4n) is 3.75. The van der Waals surface area contributed by atoms with Crippen LogP contribution in [-0.4, -0.2) is 22.1 Å². The monoisotopic (exact) mass is 444 g/mol. The van der Waals surface area contributed by atoms with Crippen molar-refractivity contribution < 1.29 is 21.8 Å². The van der Waals surface area contributed by atoms with E-state index >= 15 is 0 Å². The second kappa shape index (κ2) is 9.79. The third-order valence-electron chi connectivity index (χ3n) is 5.48. The minimum atomic E-state index is 0. The number of aromatic nitrogens is 3. The summed E-state index contributed by atoms with van der Waals surface area (Å²) in [6.45, 7) is 0.327. The van der Waals surface area contributed by atoms with E-state index in [0.29, 0.717) is 12.6 Å². The van der Waals surface area contributed by atoms with Gasteiger partial charge < -0.3 is 17.7 Å². The molecular formula is C26H25ClN4O. The van der Waals surface area contributed by atoms with E-state index in [4.69, 9.17) is 0 Å². The van der Waals surface area contributed by atoms with Gasteiger partial charge in [-0.15, -0.1) is 0 Å². The molecule has 1 fully saturated rings. The second-order valence-electron chi connectivity index (χ2n) is 8.13. The Balaban J connectivity index is 0.00000245. The highest BCUT2D eigenvalue weighted by Crippen LogP contribution is 2.22. The first-order chi connectivity index (χ1) is 15.2. The molecule has 4 aromatic rings. The third kappa shape index (κ3) is 5.42. The van der Waals surface area contributed by atoms with Gasteiger partial charge in [-0.1, -0.05) is 54.6 Å². The van der Waals surface area contributed by atoms with E-state index in [1.165, 1.54) is 16.7 Å². The Morgan fingerprint density at radius 2 is 1.75 bits per heavy atom. The molecule has 1 amide bonds. The standard InChI is InChI=1S/C26H24N4O.ClH/c31-26(27-23-11-12-23)18-30-13-5-10-22(17-30)25-16-24(28-29-25)15-19-6-4-9-21(14-19)20-7-2-1-3-8-20;/h1-10,13-14,16-17,23H,11-12,15,18H2,(H-,27,28,29,31);1H. The van der Waals surface area contributed by atoms with Crippen LogP contribution in [0.25, 0.3) is 22.4 Å². The van der Waals surface area contributed by atoms with Crippen molar-refractivity contribution in [3.63, 3.8) is 0 Å². The number of carbonyl (C=O) groups excluding carboxylic acids is 1. The third-order valence-corrected chi connectivity index (χ3v) is 5.48. The number of rotatable bonds is 7. The Morgan fingerprint density at radius 3 is 2.56 bits per heavy atom. The highest BCUT2D eigenvalue weighted by molar-refractivity contribution is 5.75. The molecule has 162 valence electrons. The summed E-state index contributed by atoms with van der Waals surface area (Å²) in [4.78, 5) is 12.1. The summed E-state index contributed by atoms with van der Waals surface area (Å²) < 4.78 is 1.91. The van der Waals surface area contributed by atoms with Crippen LogP contribution >= 0.6 is 0 Å². The first kappa shape index (κ1) is 21.8. The number of hydrogen-bond donors (Lipinski definition) is 2. The van der Waals surface area contributed by atoms with Gasteiger partial charge in [-0.25, -0.2) is 0 Å². The van der Waals surface area contributed by atoms with Crippen molar-refractivity contribution >= 4 is 5.91 Å². The van der Waals surface area contributed by atoms with Crippen LogP contribution in [0.1, 0.15) is 24.1 Å². The number of nitrogens with one attached hydrogen (secondary N) is 2. The smallest absolute Gasteiger partial charge is 0.286 e. The van der Waals surface area contributed by atoms with Gasteiger partial charge in [0.05, 0.1) is 11.3 Å². The molecule has 2 aromatic heterocycles. The predicted octanol–water partition coefficient (Wildman–Crippen LogP) is 0.905. The summed E-state index contributed by atoms with van der Waals surface area (Å²) in [6, 6.07) is 25.5. The average molecular weight is 445 g/mol. The number of H-pyrrole nitrogens is 1. The molecule has 0 saturated heterocycles. The largest absolute Gasteiger partial charge is 1.00 e. The molecule has 0 unspecified atom stereocenters. The molecule has 32 heavy (non-hydrogen) atoms. The minimum Gasteiger partial charge on any atom is -1.00 e. The zero-order chi connectivity index (χ0) is 21.0. The molecule has 5 rings (SSSR count). The number of carbonyl (C=O) groups is 1. The van der Waals surface area contributed by atoms with E-state index < -0.39 is 0 Å². The van der Waals surface area contributed by atoms with Gasteiger partial charge in [0.1, 0.15) is 0 Å². The lowest BCUT2D eigenvalue weighted by Gasteiger charge is -2.04. The molecule has 0 atom stereocenters. The highest BCUT2D eigenvalue weighted by atomic mass is 35.5. The van der Waals surface area contributed by atoms with E-state index in [1.54, 1.807) is 0 Å². The molecule has 0 aliphatic heterocycles. The van der Waals surface area contributed by atoms with Gasteiger partial charge in [0, 0.05) is 24.2 Å². The van der Waals surface area contributed by atoms with Gasteiger partial charge >= 0.3 is 0 Å². The van der Waals surface area contributed by atoms with E-state index in [9.17, 15) is 4.79 Å². The van der Waals surface area contributed by atoms with Gasteiger partial charge in [-0.2, -0.15) is 9.67 Å². The lowest BCUT2D eigenvalue weighted by Crippen LogP contribution is -3.00. The summed E-state index contributed by atoms with van der Waals surface area (Å²) in [7, 11) is 0. The van der Waals surface area contributed by atoms with Crippen molar-refractivity contribution in [1.82, 2.24) is 15.5 Å². The van der Waals surface area contributed by atoms with Crippen molar-refractivity contribution in [1.29, 1.82) is 0 Å². The van der Waals surface area contributed by atoms with Gasteiger partial charge in [0.2, 0.25) is 6.54 Å². The van der Waals surface area contributed by atoms with Crippen LogP contribution in [-0.2, 0) is 17.8 Å². The minimum absolute atomic E-state index is 0. The maximum atomic E-state index is 12.1. The fourth-order valence-corrected chi connectivity index (χ4v) is 3.75. The van der Waals surface area contributed by atoms with Crippen molar-refractivity contribution in [2.45, 2.75) is 31.8 Å². The van der Waals surface area contributed by atoms with Crippen molar-refractivity contribution in [2.24, 2.45) is 0 Å². The lowest BCUT2D eigenvalue weighted by molar-refractivity contribution is -0.684. The van der Waals surface area contributed by atoms with Crippen molar-refractivity contribution in [3.8, 4) is 22.4 Å². The quantitative estimate of drug-likeness (QED) is 0.416. The molecule has 5 nitrogen and oxygen atoms in total. The van der Waals surface area contributed by atoms with Crippen molar-refractivity contribution in [2.75, 3.05) is 0 Å². The molecular weight excluding hydrogens is 420 g/mol. The Morgan fingerprint density at radius 1 is 0.969 bits per heavy atom. The fraction of sp³-hybridized carbons (Fsp3) is 0.192. The Bertz CT molecular complexity index is 1200. The molecule has 0 radical (unpaired) electrons. The van der Waals surface area contributed by atoms with Crippen LogP contribution in [0.15, 0.2) is 85.2 Å². The molecule has 1 aliphatic carbocycles. The number of nitrogens with zero attached hydrogens (tertiary/aromatic N) is 2. The predicted molar refractivity (Wildman–Crippen MR) is 120 cm³/mol. The molecule has 2 aromatic carbocycles. The van der Waals surface area contributed by atoms with Crippen LogP contribution in [0.2, 0.25) is 0 Å². The van der Waals surface area contributed by atoms with Crippen molar-refractivity contribution in [3.05, 3.63) is 96.4 Å². The highest BCUT2D eigenvalue weighted by Gasteiger charge is 2.24.